The van der Waals surface area contributed by atoms with Crippen LogP contribution in [0.25, 0.3) is 5.57 Å². The first-order valence-electron chi connectivity index (χ1n) is 5.00. The number of esters is 1. The van der Waals surface area contributed by atoms with E-state index in [9.17, 15) is 4.79 Å². The summed E-state index contributed by atoms with van der Waals surface area (Å²) < 4.78 is 9.80. The second-order valence-corrected chi connectivity index (χ2v) is 3.31. The molecule has 0 saturated heterocycles. The van der Waals surface area contributed by atoms with Crippen molar-refractivity contribution in [3.63, 3.8) is 0 Å². The lowest BCUT2D eigenvalue weighted by Gasteiger charge is -2.12. The van der Waals surface area contributed by atoms with E-state index < -0.39 is 5.97 Å². The summed E-state index contributed by atoms with van der Waals surface area (Å²) in [5.41, 5.74) is 1.29. The summed E-state index contributed by atoms with van der Waals surface area (Å²) in [6, 6.07) is 1.54. The molecule has 84 valence electrons. The second-order valence-electron chi connectivity index (χ2n) is 3.31. The highest BCUT2D eigenvalue weighted by molar-refractivity contribution is 5.87. The molecule has 0 radical (unpaired) electrons. The van der Waals surface area contributed by atoms with Gasteiger partial charge in [0.15, 0.2) is 11.5 Å². The zero-order chi connectivity index (χ0) is 11.4. The average molecular weight is 220 g/mol. The maximum Gasteiger partial charge on any atom is 0.356 e. The fraction of sp³-hybridized carbons (Fsp3) is 0.364. The molecule has 1 aromatic heterocycles. The maximum absolute atomic E-state index is 11.3. The van der Waals surface area contributed by atoms with Crippen LogP contribution in [0.15, 0.2) is 18.3 Å². The van der Waals surface area contributed by atoms with Crippen molar-refractivity contribution in [2.45, 2.75) is 6.42 Å². The Morgan fingerprint density at radius 2 is 2.44 bits per heavy atom. The molecule has 2 heterocycles. The largest absolute Gasteiger partial charge is 0.464 e. The zero-order valence-corrected chi connectivity index (χ0v) is 8.97. The van der Waals surface area contributed by atoms with Crippen LogP contribution in [-0.2, 0) is 9.47 Å². The number of hydrogen-bond acceptors (Lipinski definition) is 5. The van der Waals surface area contributed by atoms with Crippen molar-refractivity contribution < 1.29 is 14.3 Å². The highest BCUT2D eigenvalue weighted by Gasteiger charge is 2.12. The fourth-order valence-electron chi connectivity index (χ4n) is 1.46. The monoisotopic (exact) mass is 220 g/mol. The third-order valence-electron chi connectivity index (χ3n) is 2.30. The molecule has 0 aromatic carbocycles. The molecule has 1 aromatic rings. The smallest absolute Gasteiger partial charge is 0.356 e. The zero-order valence-electron chi connectivity index (χ0n) is 8.97. The Bertz CT molecular complexity index is 429. The van der Waals surface area contributed by atoms with Gasteiger partial charge in [-0.25, -0.2) is 14.8 Å². The predicted octanol–water partition coefficient (Wildman–Crippen LogP) is 1.07. The minimum Gasteiger partial charge on any atom is -0.464 e. The predicted molar refractivity (Wildman–Crippen MR) is 56.8 cm³/mol. The van der Waals surface area contributed by atoms with Crippen molar-refractivity contribution in [3.8, 4) is 0 Å². The molecule has 0 atom stereocenters. The highest BCUT2D eigenvalue weighted by atomic mass is 16.5. The quantitative estimate of drug-likeness (QED) is 0.697. The van der Waals surface area contributed by atoms with Crippen LogP contribution in [0.5, 0.6) is 0 Å². The standard InChI is InChI=1S/C11H12N2O3/c1-15-11(14)9-2-5-12-10(13-9)8-3-6-16-7-4-8/h2-3,5H,4,6-7H2,1H3. The fourth-order valence-corrected chi connectivity index (χ4v) is 1.46. The van der Waals surface area contributed by atoms with E-state index in [-0.39, 0.29) is 5.69 Å². The summed E-state index contributed by atoms with van der Waals surface area (Å²) in [6.07, 6.45) is 4.26. The van der Waals surface area contributed by atoms with Gasteiger partial charge in [-0.1, -0.05) is 6.08 Å². The van der Waals surface area contributed by atoms with Gasteiger partial charge in [-0.15, -0.1) is 0 Å². The molecule has 5 nitrogen and oxygen atoms in total. The number of aromatic nitrogens is 2. The molecule has 1 aliphatic rings. The van der Waals surface area contributed by atoms with Gasteiger partial charge in [0.1, 0.15) is 0 Å². The number of hydrogen-bond donors (Lipinski definition) is 0. The Morgan fingerprint density at radius 3 is 3.12 bits per heavy atom. The van der Waals surface area contributed by atoms with E-state index in [1.165, 1.54) is 13.2 Å². The molecule has 0 amide bonds. The van der Waals surface area contributed by atoms with E-state index in [1.807, 2.05) is 6.08 Å². The van der Waals surface area contributed by atoms with Crippen molar-refractivity contribution in [2.75, 3.05) is 20.3 Å². The van der Waals surface area contributed by atoms with E-state index in [1.54, 1.807) is 6.20 Å². The Labute approximate surface area is 93.1 Å². The van der Waals surface area contributed by atoms with Crippen LogP contribution in [0.1, 0.15) is 22.7 Å². The summed E-state index contributed by atoms with van der Waals surface area (Å²) in [5.74, 6) is 0.127. The van der Waals surface area contributed by atoms with Crippen LogP contribution in [0.3, 0.4) is 0 Å². The first kappa shape index (κ1) is 10.8. The third-order valence-corrected chi connectivity index (χ3v) is 2.30. The first-order chi connectivity index (χ1) is 7.81. The number of carbonyl (C=O) groups excluding carboxylic acids is 1. The molecule has 0 fully saturated rings. The van der Waals surface area contributed by atoms with Gasteiger partial charge in [0, 0.05) is 6.20 Å². The molecule has 0 saturated carbocycles. The molecule has 2 rings (SSSR count). The summed E-state index contributed by atoms with van der Waals surface area (Å²) in [6.45, 7) is 1.23. The van der Waals surface area contributed by atoms with E-state index >= 15 is 0 Å². The van der Waals surface area contributed by atoms with Crippen LogP contribution in [-0.4, -0.2) is 36.3 Å². The number of carbonyl (C=O) groups is 1. The van der Waals surface area contributed by atoms with Gasteiger partial charge in [0.05, 0.1) is 20.3 Å². The number of ether oxygens (including phenoxy) is 2. The van der Waals surface area contributed by atoms with Crippen molar-refractivity contribution in [3.05, 3.63) is 29.9 Å². The van der Waals surface area contributed by atoms with Crippen molar-refractivity contribution in [2.24, 2.45) is 0 Å². The first-order valence-corrected chi connectivity index (χ1v) is 5.00. The van der Waals surface area contributed by atoms with Crippen LogP contribution in [0, 0.1) is 0 Å². The van der Waals surface area contributed by atoms with Gasteiger partial charge < -0.3 is 9.47 Å². The Hall–Kier alpha value is -1.75. The lowest BCUT2D eigenvalue weighted by Crippen LogP contribution is -2.10. The Kier molecular flexibility index (Phi) is 3.26. The van der Waals surface area contributed by atoms with Gasteiger partial charge in [0.2, 0.25) is 0 Å². The minimum absolute atomic E-state index is 0.278. The van der Waals surface area contributed by atoms with E-state index in [2.05, 4.69) is 14.7 Å². The Balaban J connectivity index is 2.28. The maximum atomic E-state index is 11.3. The van der Waals surface area contributed by atoms with E-state index in [4.69, 9.17) is 4.74 Å². The summed E-state index contributed by atoms with van der Waals surface area (Å²) in [7, 11) is 1.33. The van der Waals surface area contributed by atoms with Crippen LogP contribution < -0.4 is 0 Å². The molecular formula is C11H12N2O3. The van der Waals surface area contributed by atoms with Gasteiger partial charge >= 0.3 is 5.97 Å². The van der Waals surface area contributed by atoms with Crippen LogP contribution >= 0.6 is 0 Å². The highest BCUT2D eigenvalue weighted by Crippen LogP contribution is 2.17. The normalized spacial score (nSPS) is 15.4. The van der Waals surface area contributed by atoms with Crippen molar-refractivity contribution in [1.82, 2.24) is 9.97 Å². The number of methoxy groups -OCH3 is 1. The topological polar surface area (TPSA) is 61.3 Å². The molecule has 16 heavy (non-hydrogen) atoms. The Morgan fingerprint density at radius 1 is 1.56 bits per heavy atom. The summed E-state index contributed by atoms with van der Waals surface area (Å²) in [5, 5.41) is 0. The van der Waals surface area contributed by atoms with Gasteiger partial charge in [-0.2, -0.15) is 0 Å². The summed E-state index contributed by atoms with van der Waals surface area (Å²) >= 11 is 0. The number of rotatable bonds is 2. The average Bonchev–Trinajstić information content (AvgIpc) is 2.39. The van der Waals surface area contributed by atoms with Crippen LogP contribution in [0.4, 0.5) is 0 Å². The number of nitrogens with zero attached hydrogens (tertiary/aromatic N) is 2. The lowest BCUT2D eigenvalue weighted by atomic mass is 10.1. The molecule has 0 spiro atoms. The van der Waals surface area contributed by atoms with Crippen molar-refractivity contribution in [1.29, 1.82) is 0 Å². The minimum atomic E-state index is -0.448. The van der Waals surface area contributed by atoms with E-state index in [0.29, 0.717) is 19.0 Å². The van der Waals surface area contributed by atoms with Crippen molar-refractivity contribution >= 4 is 11.5 Å². The second kappa shape index (κ2) is 4.85. The van der Waals surface area contributed by atoms with Gasteiger partial charge in [-0.3, -0.25) is 0 Å². The molecule has 0 unspecified atom stereocenters. The summed E-state index contributed by atoms with van der Waals surface area (Å²) in [4.78, 5) is 19.6. The molecule has 1 aliphatic heterocycles. The molecular weight excluding hydrogens is 208 g/mol. The molecule has 0 bridgehead atoms. The SMILES string of the molecule is COC(=O)c1ccnc(C2=CCOCC2)n1. The molecule has 5 heteroatoms. The van der Waals surface area contributed by atoms with Crippen LogP contribution in [0.2, 0.25) is 0 Å². The van der Waals surface area contributed by atoms with Gasteiger partial charge in [-0.05, 0) is 18.1 Å². The lowest BCUT2D eigenvalue weighted by molar-refractivity contribution is 0.0593. The van der Waals surface area contributed by atoms with Gasteiger partial charge in [0.25, 0.3) is 0 Å². The molecule has 0 N–H and O–H groups in total. The van der Waals surface area contributed by atoms with E-state index in [0.717, 1.165) is 12.0 Å². The molecule has 0 aliphatic carbocycles. The third kappa shape index (κ3) is 2.25.